The van der Waals surface area contributed by atoms with Crippen LogP contribution in [0.15, 0.2) is 0 Å². The van der Waals surface area contributed by atoms with E-state index in [-0.39, 0.29) is 11.7 Å². The number of hydrogen-bond acceptors (Lipinski definition) is 3. The van der Waals surface area contributed by atoms with E-state index in [1.807, 2.05) is 0 Å². The fourth-order valence-electron chi connectivity index (χ4n) is 3.19. The van der Waals surface area contributed by atoms with Gasteiger partial charge in [0.25, 0.3) is 0 Å². The van der Waals surface area contributed by atoms with Crippen LogP contribution in [0.2, 0.25) is 0 Å². The Bertz CT molecular complexity index is 234. The highest BCUT2D eigenvalue weighted by Crippen LogP contribution is 2.28. The second-order valence-electron chi connectivity index (χ2n) is 6.87. The maximum absolute atomic E-state index is 6.77. The average Bonchev–Trinajstić information content (AvgIpc) is 2.28. The molecular weight excluding hydrogens is 222 g/mol. The lowest BCUT2D eigenvalue weighted by Crippen LogP contribution is -2.67. The van der Waals surface area contributed by atoms with Gasteiger partial charge in [-0.2, -0.15) is 0 Å². The number of rotatable bonds is 6. The zero-order valence-electron chi connectivity index (χ0n) is 12.8. The zero-order chi connectivity index (χ0) is 13.8. The summed E-state index contributed by atoms with van der Waals surface area (Å²) >= 11 is 0. The maximum Gasteiger partial charge on any atom is 0.0845 e. The van der Waals surface area contributed by atoms with Crippen LogP contribution in [0, 0.1) is 11.8 Å². The van der Waals surface area contributed by atoms with Crippen LogP contribution < -0.4 is 11.5 Å². The predicted molar refractivity (Wildman–Crippen MR) is 79.2 cm³/mol. The SMILES string of the molecule is CC(C)CC(N)C(N)(CC(C)C)N1CCCCC1. The summed E-state index contributed by atoms with van der Waals surface area (Å²) in [5, 5.41) is 0. The molecule has 0 spiro atoms. The minimum absolute atomic E-state index is 0.0815. The van der Waals surface area contributed by atoms with E-state index < -0.39 is 0 Å². The monoisotopic (exact) mass is 255 g/mol. The molecular formula is C15H33N3. The molecule has 0 aliphatic carbocycles. The van der Waals surface area contributed by atoms with Crippen LogP contribution in [0.25, 0.3) is 0 Å². The summed E-state index contributed by atoms with van der Waals surface area (Å²) in [4.78, 5) is 2.46. The van der Waals surface area contributed by atoms with Crippen molar-refractivity contribution in [2.45, 2.75) is 71.5 Å². The third-order valence-corrected chi connectivity index (χ3v) is 4.05. The number of hydrogen-bond donors (Lipinski definition) is 2. The highest BCUT2D eigenvalue weighted by atomic mass is 15.3. The molecule has 0 radical (unpaired) electrons. The molecule has 0 bridgehead atoms. The van der Waals surface area contributed by atoms with E-state index in [0.29, 0.717) is 11.8 Å². The van der Waals surface area contributed by atoms with Crippen LogP contribution >= 0.6 is 0 Å². The number of piperidine rings is 1. The Balaban J connectivity index is 2.78. The first kappa shape index (κ1) is 15.9. The second kappa shape index (κ2) is 6.88. The van der Waals surface area contributed by atoms with Crippen molar-refractivity contribution in [3.63, 3.8) is 0 Å². The van der Waals surface area contributed by atoms with Crippen LogP contribution in [0.5, 0.6) is 0 Å². The minimum Gasteiger partial charge on any atom is -0.325 e. The summed E-state index contributed by atoms with van der Waals surface area (Å²) in [7, 11) is 0. The molecule has 0 aromatic rings. The molecule has 108 valence electrons. The fraction of sp³-hybridized carbons (Fsp3) is 1.00. The molecule has 1 fully saturated rings. The van der Waals surface area contributed by atoms with E-state index in [9.17, 15) is 0 Å². The van der Waals surface area contributed by atoms with Crippen molar-refractivity contribution < 1.29 is 0 Å². The van der Waals surface area contributed by atoms with E-state index in [4.69, 9.17) is 11.5 Å². The van der Waals surface area contributed by atoms with Gasteiger partial charge in [0, 0.05) is 6.04 Å². The first-order valence-electron chi connectivity index (χ1n) is 7.65. The van der Waals surface area contributed by atoms with E-state index in [1.165, 1.54) is 19.3 Å². The van der Waals surface area contributed by atoms with Crippen molar-refractivity contribution in [2.75, 3.05) is 13.1 Å². The van der Waals surface area contributed by atoms with Crippen LogP contribution in [0.1, 0.15) is 59.8 Å². The lowest BCUT2D eigenvalue weighted by Gasteiger charge is -2.48. The molecule has 2 atom stereocenters. The van der Waals surface area contributed by atoms with Gasteiger partial charge >= 0.3 is 0 Å². The normalized spacial score (nSPS) is 23.3. The lowest BCUT2D eigenvalue weighted by molar-refractivity contribution is 0.0252. The summed E-state index contributed by atoms with van der Waals surface area (Å²) in [6, 6.07) is 0.0815. The molecule has 0 amide bonds. The average molecular weight is 255 g/mol. The highest BCUT2D eigenvalue weighted by Gasteiger charge is 2.39. The maximum atomic E-state index is 6.77. The smallest absolute Gasteiger partial charge is 0.0845 e. The third kappa shape index (κ3) is 4.22. The summed E-state index contributed by atoms with van der Waals surface area (Å²) < 4.78 is 0. The van der Waals surface area contributed by atoms with Gasteiger partial charge in [-0.25, -0.2) is 0 Å². The topological polar surface area (TPSA) is 55.3 Å². The first-order valence-corrected chi connectivity index (χ1v) is 7.65. The van der Waals surface area contributed by atoms with Crippen molar-refractivity contribution in [3.05, 3.63) is 0 Å². The highest BCUT2D eigenvalue weighted by molar-refractivity contribution is 4.96. The zero-order valence-corrected chi connectivity index (χ0v) is 12.8. The standard InChI is InChI=1S/C15H33N3/c1-12(2)10-14(16)15(17,11-13(3)4)18-8-6-5-7-9-18/h12-14H,5-11,16-17H2,1-4H3. The molecule has 0 aromatic carbocycles. The summed E-state index contributed by atoms with van der Waals surface area (Å²) in [5.41, 5.74) is 12.9. The molecule has 1 aliphatic heterocycles. The third-order valence-electron chi connectivity index (χ3n) is 4.05. The number of nitrogens with two attached hydrogens (primary N) is 2. The van der Waals surface area contributed by atoms with Crippen LogP contribution in [0.4, 0.5) is 0 Å². The predicted octanol–water partition coefficient (Wildman–Crippen LogP) is 2.55. The van der Waals surface area contributed by atoms with Crippen LogP contribution in [-0.2, 0) is 0 Å². The molecule has 0 aromatic heterocycles. The largest absolute Gasteiger partial charge is 0.325 e. The number of likely N-dealkylation sites (tertiary alicyclic amines) is 1. The van der Waals surface area contributed by atoms with Crippen LogP contribution in [-0.4, -0.2) is 29.7 Å². The molecule has 18 heavy (non-hydrogen) atoms. The first-order chi connectivity index (χ1) is 8.36. The van der Waals surface area contributed by atoms with E-state index >= 15 is 0 Å². The molecule has 1 rings (SSSR count). The molecule has 4 N–H and O–H groups in total. The molecule has 3 heteroatoms. The van der Waals surface area contributed by atoms with Crippen molar-refractivity contribution in [3.8, 4) is 0 Å². The lowest BCUT2D eigenvalue weighted by atomic mass is 9.84. The van der Waals surface area contributed by atoms with Gasteiger partial charge in [-0.3, -0.25) is 4.90 Å². The van der Waals surface area contributed by atoms with Gasteiger partial charge in [0.05, 0.1) is 5.66 Å². The fourth-order valence-corrected chi connectivity index (χ4v) is 3.19. The molecule has 1 aliphatic rings. The van der Waals surface area contributed by atoms with Gasteiger partial charge in [0.15, 0.2) is 0 Å². The van der Waals surface area contributed by atoms with Gasteiger partial charge < -0.3 is 11.5 Å². The summed E-state index contributed by atoms with van der Waals surface area (Å²) in [5.74, 6) is 1.20. The second-order valence-corrected chi connectivity index (χ2v) is 6.87. The van der Waals surface area contributed by atoms with Gasteiger partial charge in [-0.1, -0.05) is 34.1 Å². The summed E-state index contributed by atoms with van der Waals surface area (Å²) in [6.45, 7) is 11.2. The van der Waals surface area contributed by atoms with Crippen molar-refractivity contribution in [1.82, 2.24) is 4.90 Å². The molecule has 2 unspecified atom stereocenters. The van der Waals surface area contributed by atoms with Gasteiger partial charge in [0.2, 0.25) is 0 Å². The molecule has 1 saturated heterocycles. The van der Waals surface area contributed by atoms with Crippen molar-refractivity contribution >= 4 is 0 Å². The van der Waals surface area contributed by atoms with E-state index in [0.717, 1.165) is 25.9 Å². The number of nitrogens with zero attached hydrogens (tertiary/aromatic N) is 1. The van der Waals surface area contributed by atoms with Gasteiger partial charge in [-0.15, -0.1) is 0 Å². The molecule has 1 heterocycles. The summed E-state index contributed by atoms with van der Waals surface area (Å²) in [6.07, 6.45) is 5.89. The van der Waals surface area contributed by atoms with Gasteiger partial charge in [0.1, 0.15) is 0 Å². The van der Waals surface area contributed by atoms with Crippen LogP contribution in [0.3, 0.4) is 0 Å². The van der Waals surface area contributed by atoms with Crippen molar-refractivity contribution in [2.24, 2.45) is 23.3 Å². The quantitative estimate of drug-likeness (QED) is 0.767. The Kier molecular flexibility index (Phi) is 6.09. The van der Waals surface area contributed by atoms with E-state index in [2.05, 4.69) is 32.6 Å². The van der Waals surface area contributed by atoms with Gasteiger partial charge in [-0.05, 0) is 50.6 Å². The molecule has 0 saturated carbocycles. The van der Waals surface area contributed by atoms with Crippen molar-refractivity contribution in [1.29, 1.82) is 0 Å². The van der Waals surface area contributed by atoms with E-state index in [1.54, 1.807) is 0 Å². The Morgan fingerprint density at radius 2 is 1.56 bits per heavy atom. The Morgan fingerprint density at radius 1 is 1.00 bits per heavy atom. The Morgan fingerprint density at radius 3 is 2.00 bits per heavy atom. The Hall–Kier alpha value is -0.120. The minimum atomic E-state index is -0.307. The molecule has 3 nitrogen and oxygen atoms in total. The Labute approximate surface area is 113 Å².